The number of nitrogens with one attached hydrogen (secondary N) is 1. The Morgan fingerprint density at radius 2 is 1.89 bits per heavy atom. The fourth-order valence-corrected chi connectivity index (χ4v) is 2.30. The Morgan fingerprint density at radius 3 is 2.42 bits per heavy atom. The van der Waals surface area contributed by atoms with Crippen LogP contribution in [0.15, 0.2) is 18.2 Å². The van der Waals surface area contributed by atoms with Crippen molar-refractivity contribution in [3.05, 3.63) is 33.9 Å². The molecular weight excluding hydrogens is 261 g/mol. The fraction of sp³-hybridized carbons (Fsp3) is 0.500. The van der Waals surface area contributed by atoms with E-state index in [9.17, 15) is 23.3 Å². The molecule has 0 bridgehead atoms. The number of rotatable bonds is 3. The van der Waals surface area contributed by atoms with E-state index >= 15 is 0 Å². The summed E-state index contributed by atoms with van der Waals surface area (Å²) in [6, 6.07) is 2.82. The number of hydrogen-bond donors (Lipinski definition) is 1. The number of anilines is 1. The number of nitro benzene ring substituents is 1. The Balaban J connectivity index is 2.33. The van der Waals surface area contributed by atoms with Gasteiger partial charge in [-0.25, -0.2) is 0 Å². The lowest BCUT2D eigenvalue weighted by Gasteiger charge is -2.18. The Kier molecular flexibility index (Phi) is 3.64. The molecule has 2 rings (SSSR count). The molecular formula is C12H13F3N2O2. The van der Waals surface area contributed by atoms with Gasteiger partial charge in [0.25, 0.3) is 5.69 Å². The van der Waals surface area contributed by atoms with Crippen LogP contribution in [0.4, 0.5) is 24.5 Å². The average Bonchev–Trinajstić information content (AvgIpc) is 2.80. The van der Waals surface area contributed by atoms with Crippen LogP contribution in [0.25, 0.3) is 0 Å². The van der Waals surface area contributed by atoms with Gasteiger partial charge in [-0.3, -0.25) is 10.1 Å². The third kappa shape index (κ3) is 3.15. The summed E-state index contributed by atoms with van der Waals surface area (Å²) in [6.07, 6.45) is -0.965. The highest BCUT2D eigenvalue weighted by molar-refractivity contribution is 5.58. The molecule has 1 aliphatic rings. The molecule has 0 saturated heterocycles. The fourth-order valence-electron chi connectivity index (χ4n) is 2.30. The SMILES string of the molecule is O=[N+]([O-])c1ccc(NC2CCCC2)c(C(F)(F)F)c1. The highest BCUT2D eigenvalue weighted by Crippen LogP contribution is 2.38. The van der Waals surface area contributed by atoms with E-state index < -0.39 is 22.4 Å². The highest BCUT2D eigenvalue weighted by Gasteiger charge is 2.35. The summed E-state index contributed by atoms with van der Waals surface area (Å²) >= 11 is 0. The average molecular weight is 274 g/mol. The second kappa shape index (κ2) is 5.07. The third-order valence-corrected chi connectivity index (χ3v) is 3.23. The molecule has 0 heterocycles. The number of alkyl halides is 3. The molecule has 0 spiro atoms. The van der Waals surface area contributed by atoms with Crippen molar-refractivity contribution >= 4 is 11.4 Å². The van der Waals surface area contributed by atoms with Crippen LogP contribution in [-0.2, 0) is 6.18 Å². The zero-order chi connectivity index (χ0) is 14.0. The summed E-state index contributed by atoms with van der Waals surface area (Å²) in [4.78, 5) is 9.73. The topological polar surface area (TPSA) is 55.2 Å². The van der Waals surface area contributed by atoms with Gasteiger partial charge in [0.05, 0.1) is 10.5 Å². The van der Waals surface area contributed by atoms with Gasteiger partial charge in [-0.05, 0) is 18.9 Å². The van der Waals surface area contributed by atoms with Crippen molar-refractivity contribution in [3.8, 4) is 0 Å². The molecule has 1 N–H and O–H groups in total. The first-order chi connectivity index (χ1) is 8.88. The van der Waals surface area contributed by atoms with Crippen molar-refractivity contribution in [1.29, 1.82) is 0 Å². The van der Waals surface area contributed by atoms with Crippen LogP contribution in [0.1, 0.15) is 31.2 Å². The van der Waals surface area contributed by atoms with Crippen LogP contribution in [0.3, 0.4) is 0 Å². The summed E-state index contributed by atoms with van der Waals surface area (Å²) < 4.78 is 38.7. The van der Waals surface area contributed by atoms with Crippen LogP contribution < -0.4 is 5.32 Å². The molecule has 0 aromatic heterocycles. The monoisotopic (exact) mass is 274 g/mol. The molecule has 1 aliphatic carbocycles. The lowest BCUT2D eigenvalue weighted by atomic mass is 10.1. The Bertz CT molecular complexity index is 482. The summed E-state index contributed by atoms with van der Waals surface area (Å²) in [6.45, 7) is 0. The Hall–Kier alpha value is -1.79. The van der Waals surface area contributed by atoms with Gasteiger partial charge in [-0.1, -0.05) is 12.8 Å². The Labute approximate surface area is 107 Å². The van der Waals surface area contributed by atoms with Crippen LogP contribution in [0.2, 0.25) is 0 Å². The van der Waals surface area contributed by atoms with E-state index in [0.717, 1.165) is 37.8 Å². The van der Waals surface area contributed by atoms with Crippen LogP contribution in [0, 0.1) is 10.1 Å². The van der Waals surface area contributed by atoms with E-state index in [1.165, 1.54) is 0 Å². The second-order valence-corrected chi connectivity index (χ2v) is 4.61. The number of benzene rings is 1. The van der Waals surface area contributed by atoms with Crippen molar-refractivity contribution in [1.82, 2.24) is 0 Å². The predicted octanol–water partition coefficient (Wildman–Crippen LogP) is 3.97. The van der Waals surface area contributed by atoms with Crippen LogP contribution in [-0.4, -0.2) is 11.0 Å². The van der Waals surface area contributed by atoms with Crippen molar-refractivity contribution in [2.75, 3.05) is 5.32 Å². The first kappa shape index (κ1) is 13.6. The number of non-ortho nitro benzene ring substituents is 1. The first-order valence-electron chi connectivity index (χ1n) is 6.00. The molecule has 0 radical (unpaired) electrons. The summed E-state index contributed by atoms with van der Waals surface area (Å²) in [7, 11) is 0. The van der Waals surface area contributed by atoms with Gasteiger partial charge in [-0.2, -0.15) is 13.2 Å². The summed E-state index contributed by atoms with van der Waals surface area (Å²) in [5, 5.41) is 13.4. The normalized spacial score (nSPS) is 16.6. The van der Waals surface area contributed by atoms with Gasteiger partial charge in [0, 0.05) is 23.9 Å². The van der Waals surface area contributed by atoms with Gasteiger partial charge in [0.2, 0.25) is 0 Å². The largest absolute Gasteiger partial charge is 0.418 e. The molecule has 0 aliphatic heterocycles. The molecule has 1 aromatic carbocycles. The lowest BCUT2D eigenvalue weighted by molar-refractivity contribution is -0.385. The zero-order valence-corrected chi connectivity index (χ0v) is 10.0. The maximum atomic E-state index is 12.9. The summed E-state index contributed by atoms with van der Waals surface area (Å²) in [5.74, 6) is 0. The molecule has 19 heavy (non-hydrogen) atoms. The molecule has 0 atom stereocenters. The second-order valence-electron chi connectivity index (χ2n) is 4.61. The van der Waals surface area contributed by atoms with E-state index in [-0.39, 0.29) is 11.7 Å². The van der Waals surface area contributed by atoms with Gasteiger partial charge in [0.15, 0.2) is 0 Å². The zero-order valence-electron chi connectivity index (χ0n) is 10.0. The minimum absolute atomic E-state index is 0.0163. The predicted molar refractivity (Wildman–Crippen MR) is 64.0 cm³/mol. The molecule has 1 aromatic rings. The quantitative estimate of drug-likeness (QED) is 0.670. The molecule has 104 valence electrons. The lowest BCUT2D eigenvalue weighted by Crippen LogP contribution is -2.18. The standard InChI is InChI=1S/C12H13F3N2O2/c13-12(14,15)10-7-9(17(18)19)5-6-11(10)16-8-3-1-2-4-8/h5-8,16H,1-4H2. The number of nitro groups is 1. The molecule has 4 nitrogen and oxygen atoms in total. The maximum Gasteiger partial charge on any atom is 0.418 e. The van der Waals surface area contributed by atoms with Crippen molar-refractivity contribution < 1.29 is 18.1 Å². The first-order valence-corrected chi connectivity index (χ1v) is 6.00. The van der Waals surface area contributed by atoms with Gasteiger partial charge < -0.3 is 5.32 Å². The van der Waals surface area contributed by atoms with E-state index in [1.807, 2.05) is 0 Å². The molecule has 7 heteroatoms. The highest BCUT2D eigenvalue weighted by atomic mass is 19.4. The minimum atomic E-state index is -4.60. The smallest absolute Gasteiger partial charge is 0.382 e. The number of hydrogen-bond acceptors (Lipinski definition) is 3. The van der Waals surface area contributed by atoms with Crippen molar-refractivity contribution in [2.24, 2.45) is 0 Å². The number of halogens is 3. The minimum Gasteiger partial charge on any atom is -0.382 e. The van der Waals surface area contributed by atoms with Gasteiger partial charge in [-0.15, -0.1) is 0 Å². The van der Waals surface area contributed by atoms with E-state index in [2.05, 4.69) is 5.32 Å². The Morgan fingerprint density at radius 1 is 1.26 bits per heavy atom. The van der Waals surface area contributed by atoms with Gasteiger partial charge in [0.1, 0.15) is 0 Å². The van der Waals surface area contributed by atoms with Gasteiger partial charge >= 0.3 is 6.18 Å². The molecule has 1 fully saturated rings. The maximum absolute atomic E-state index is 12.9. The number of nitrogens with zero attached hydrogens (tertiary/aromatic N) is 1. The molecule has 0 amide bonds. The van der Waals surface area contributed by atoms with E-state index in [0.29, 0.717) is 6.07 Å². The molecule has 0 unspecified atom stereocenters. The van der Waals surface area contributed by atoms with Crippen LogP contribution in [0.5, 0.6) is 0 Å². The summed E-state index contributed by atoms with van der Waals surface area (Å²) in [5.41, 5.74) is -1.61. The van der Waals surface area contributed by atoms with Crippen LogP contribution >= 0.6 is 0 Å². The van der Waals surface area contributed by atoms with Crippen molar-refractivity contribution in [2.45, 2.75) is 37.9 Å². The molecule has 1 saturated carbocycles. The van der Waals surface area contributed by atoms with E-state index in [4.69, 9.17) is 0 Å². The van der Waals surface area contributed by atoms with Crippen molar-refractivity contribution in [3.63, 3.8) is 0 Å². The van der Waals surface area contributed by atoms with E-state index in [1.54, 1.807) is 0 Å². The third-order valence-electron chi connectivity index (χ3n) is 3.23.